The summed E-state index contributed by atoms with van der Waals surface area (Å²) in [5.41, 5.74) is -0.279. The van der Waals surface area contributed by atoms with E-state index in [1.165, 1.54) is 0 Å². The van der Waals surface area contributed by atoms with E-state index in [0.717, 1.165) is 0 Å². The molecule has 84 valence electrons. The van der Waals surface area contributed by atoms with Crippen LogP contribution in [0.25, 0.3) is 0 Å². The number of carbonyl (C=O) groups excluding carboxylic acids is 1. The van der Waals surface area contributed by atoms with Gasteiger partial charge in [0.05, 0.1) is 10.7 Å². The number of halogens is 1. The van der Waals surface area contributed by atoms with E-state index < -0.39 is 5.60 Å². The summed E-state index contributed by atoms with van der Waals surface area (Å²) in [7, 11) is 1.74. The highest BCUT2D eigenvalue weighted by Gasteiger charge is 2.32. The molecule has 1 rings (SSSR count). The molecule has 0 saturated carbocycles. The van der Waals surface area contributed by atoms with Crippen LogP contribution in [0.1, 0.15) is 31.3 Å². The predicted molar refractivity (Wildman–Crippen MR) is 60.9 cm³/mol. The molecule has 0 aliphatic heterocycles. The minimum Gasteiger partial charge on any atom is -0.368 e. The Morgan fingerprint density at radius 3 is 2.67 bits per heavy atom. The first kappa shape index (κ1) is 12.4. The van der Waals surface area contributed by atoms with E-state index in [-0.39, 0.29) is 5.78 Å². The van der Waals surface area contributed by atoms with Crippen molar-refractivity contribution in [1.29, 1.82) is 0 Å². The lowest BCUT2D eigenvalue weighted by Gasteiger charge is -2.23. The van der Waals surface area contributed by atoms with Gasteiger partial charge in [0.2, 0.25) is 5.78 Å². The number of aromatic nitrogens is 2. The fraction of sp³-hybridized carbons (Fsp3) is 0.600. The second-order valence-electron chi connectivity index (χ2n) is 3.74. The molecule has 0 bridgehead atoms. The van der Waals surface area contributed by atoms with Gasteiger partial charge in [-0.15, -0.1) is 0 Å². The van der Waals surface area contributed by atoms with E-state index in [1.54, 1.807) is 31.8 Å². The van der Waals surface area contributed by atoms with Crippen molar-refractivity contribution in [1.82, 2.24) is 9.78 Å². The van der Waals surface area contributed by atoms with Gasteiger partial charge >= 0.3 is 0 Å². The molecule has 5 heteroatoms. The zero-order chi connectivity index (χ0) is 11.6. The molecule has 4 nitrogen and oxygen atoms in total. The van der Waals surface area contributed by atoms with Gasteiger partial charge in [-0.25, -0.2) is 0 Å². The van der Waals surface area contributed by atoms with Crippen molar-refractivity contribution in [3.63, 3.8) is 0 Å². The molecule has 1 aromatic rings. The Hall–Kier alpha value is -0.680. The van der Waals surface area contributed by atoms with Gasteiger partial charge in [0.15, 0.2) is 0 Å². The van der Waals surface area contributed by atoms with Crippen LogP contribution in [0, 0.1) is 0 Å². The van der Waals surface area contributed by atoms with Crippen molar-refractivity contribution in [2.24, 2.45) is 7.05 Å². The number of nitrogens with zero attached hydrogens (tertiary/aromatic N) is 2. The van der Waals surface area contributed by atoms with Crippen LogP contribution >= 0.6 is 15.9 Å². The first-order chi connectivity index (χ1) is 6.90. The first-order valence-corrected chi connectivity index (χ1v) is 5.55. The van der Waals surface area contributed by atoms with Crippen LogP contribution in [0.3, 0.4) is 0 Å². The van der Waals surface area contributed by atoms with E-state index >= 15 is 0 Å². The molecule has 0 N–H and O–H groups in total. The largest absolute Gasteiger partial charge is 0.368 e. The zero-order valence-electron chi connectivity index (χ0n) is 9.37. The van der Waals surface area contributed by atoms with Crippen LogP contribution in [0.2, 0.25) is 0 Å². The fourth-order valence-corrected chi connectivity index (χ4v) is 1.91. The van der Waals surface area contributed by atoms with Crippen LogP contribution in [0.15, 0.2) is 10.7 Å². The number of hydrogen-bond acceptors (Lipinski definition) is 3. The average Bonchev–Trinajstić information content (AvgIpc) is 2.45. The molecule has 0 fully saturated rings. The van der Waals surface area contributed by atoms with Gasteiger partial charge in [-0.05, 0) is 36.7 Å². The lowest BCUT2D eigenvalue weighted by molar-refractivity contribution is 0.000480. The van der Waals surface area contributed by atoms with Crippen LogP contribution in [-0.2, 0) is 11.8 Å². The molecule has 0 radical (unpaired) electrons. The number of hydrogen-bond donors (Lipinski definition) is 0. The van der Waals surface area contributed by atoms with Crippen LogP contribution in [-0.4, -0.2) is 27.8 Å². The molecule has 1 heterocycles. The average molecular weight is 275 g/mol. The molecule has 15 heavy (non-hydrogen) atoms. The predicted octanol–water partition coefficient (Wildman–Crippen LogP) is 2.18. The Bertz CT molecular complexity index is 352. The van der Waals surface area contributed by atoms with Crippen molar-refractivity contribution in [2.75, 3.05) is 6.61 Å². The SMILES string of the molecule is CCOC(C)(C)C(=O)c1c(Br)cnn1C. The summed E-state index contributed by atoms with van der Waals surface area (Å²) in [6.07, 6.45) is 1.61. The highest BCUT2D eigenvalue weighted by Crippen LogP contribution is 2.23. The van der Waals surface area contributed by atoms with E-state index in [2.05, 4.69) is 21.0 Å². The minimum absolute atomic E-state index is 0.0729. The zero-order valence-corrected chi connectivity index (χ0v) is 11.0. The number of carbonyl (C=O) groups is 1. The van der Waals surface area contributed by atoms with Crippen molar-refractivity contribution in [2.45, 2.75) is 26.4 Å². The summed E-state index contributed by atoms with van der Waals surface area (Å²) < 4.78 is 7.66. The maximum absolute atomic E-state index is 12.1. The lowest BCUT2D eigenvalue weighted by atomic mass is 10.0. The Morgan fingerprint density at radius 2 is 2.27 bits per heavy atom. The number of Topliss-reactive ketones (excluding diaryl/α,β-unsaturated/α-hetero) is 1. The normalized spacial score (nSPS) is 11.8. The van der Waals surface area contributed by atoms with Gasteiger partial charge < -0.3 is 4.74 Å². The second kappa shape index (κ2) is 4.45. The third kappa shape index (κ3) is 2.46. The number of ketones is 1. The van der Waals surface area contributed by atoms with Gasteiger partial charge in [0.1, 0.15) is 11.3 Å². The summed E-state index contributed by atoms with van der Waals surface area (Å²) in [4.78, 5) is 12.1. The lowest BCUT2D eigenvalue weighted by Crippen LogP contribution is -2.36. The Balaban J connectivity index is 3.04. The maximum Gasteiger partial charge on any atom is 0.213 e. The molecule has 0 amide bonds. The Morgan fingerprint density at radius 1 is 1.67 bits per heavy atom. The summed E-state index contributed by atoms with van der Waals surface area (Å²) in [6, 6.07) is 0. The smallest absolute Gasteiger partial charge is 0.213 e. The number of aryl methyl sites for hydroxylation is 1. The van der Waals surface area contributed by atoms with Crippen LogP contribution in [0.4, 0.5) is 0 Å². The van der Waals surface area contributed by atoms with Gasteiger partial charge in [0, 0.05) is 13.7 Å². The maximum atomic E-state index is 12.1. The molecule has 0 aliphatic rings. The van der Waals surface area contributed by atoms with E-state index in [0.29, 0.717) is 16.8 Å². The summed E-state index contributed by atoms with van der Waals surface area (Å²) in [6.45, 7) is 5.90. The first-order valence-electron chi connectivity index (χ1n) is 4.76. The molecule has 0 unspecified atom stereocenters. The minimum atomic E-state index is -0.814. The fourth-order valence-electron chi connectivity index (χ4n) is 1.38. The van der Waals surface area contributed by atoms with Crippen LogP contribution in [0.5, 0.6) is 0 Å². The van der Waals surface area contributed by atoms with Gasteiger partial charge in [-0.3, -0.25) is 9.48 Å². The standard InChI is InChI=1S/C10H15BrN2O2/c1-5-15-10(2,3)9(14)8-7(11)6-12-13(8)4/h6H,5H2,1-4H3. The molecule has 0 aromatic carbocycles. The van der Waals surface area contributed by atoms with E-state index in [1.807, 2.05) is 6.92 Å². The highest BCUT2D eigenvalue weighted by molar-refractivity contribution is 9.10. The van der Waals surface area contributed by atoms with Crippen molar-refractivity contribution < 1.29 is 9.53 Å². The van der Waals surface area contributed by atoms with Gasteiger partial charge in [-0.2, -0.15) is 5.10 Å². The monoisotopic (exact) mass is 274 g/mol. The van der Waals surface area contributed by atoms with Crippen molar-refractivity contribution in [3.05, 3.63) is 16.4 Å². The molecule has 0 saturated heterocycles. The Kier molecular flexibility index (Phi) is 3.67. The third-order valence-electron chi connectivity index (χ3n) is 2.16. The van der Waals surface area contributed by atoms with Gasteiger partial charge in [0.25, 0.3) is 0 Å². The highest BCUT2D eigenvalue weighted by atomic mass is 79.9. The van der Waals surface area contributed by atoms with Crippen LogP contribution < -0.4 is 0 Å². The van der Waals surface area contributed by atoms with E-state index in [9.17, 15) is 4.79 Å². The molecular formula is C10H15BrN2O2. The molecular weight excluding hydrogens is 260 g/mol. The van der Waals surface area contributed by atoms with Gasteiger partial charge in [-0.1, -0.05) is 0 Å². The molecule has 1 aromatic heterocycles. The molecule has 0 spiro atoms. The molecule has 0 aliphatic carbocycles. The summed E-state index contributed by atoms with van der Waals surface area (Å²) in [5, 5.41) is 4.00. The summed E-state index contributed by atoms with van der Waals surface area (Å²) >= 11 is 3.30. The van der Waals surface area contributed by atoms with E-state index in [4.69, 9.17) is 4.74 Å². The quantitative estimate of drug-likeness (QED) is 0.791. The third-order valence-corrected chi connectivity index (χ3v) is 2.74. The number of rotatable bonds is 4. The van der Waals surface area contributed by atoms with Crippen molar-refractivity contribution >= 4 is 21.7 Å². The Labute approximate surface area is 97.7 Å². The molecule has 0 atom stereocenters. The topological polar surface area (TPSA) is 44.1 Å². The van der Waals surface area contributed by atoms with Crippen molar-refractivity contribution in [3.8, 4) is 0 Å². The second-order valence-corrected chi connectivity index (χ2v) is 4.59. The number of ether oxygens (including phenoxy) is 1. The summed E-state index contributed by atoms with van der Waals surface area (Å²) in [5.74, 6) is -0.0729.